The number of benzene rings is 2. The van der Waals surface area contributed by atoms with Crippen LogP contribution in [0.2, 0.25) is 5.02 Å². The fourth-order valence-corrected chi connectivity index (χ4v) is 2.16. The molecular weight excluding hydrogens is 284 g/mol. The molecule has 0 bridgehead atoms. The lowest BCUT2D eigenvalue weighted by molar-refractivity contribution is 0.0953. The SMILES string of the molecule is CN(CCCNC(=O)c1ccc(Cl)cc1)c1ccccc1. The van der Waals surface area contributed by atoms with E-state index >= 15 is 0 Å². The van der Waals surface area contributed by atoms with E-state index in [1.54, 1.807) is 24.3 Å². The summed E-state index contributed by atoms with van der Waals surface area (Å²) in [5, 5.41) is 3.55. The summed E-state index contributed by atoms with van der Waals surface area (Å²) in [6.45, 7) is 1.55. The van der Waals surface area contributed by atoms with Gasteiger partial charge in [-0.15, -0.1) is 0 Å². The second kappa shape index (κ2) is 7.70. The van der Waals surface area contributed by atoms with Crippen LogP contribution in [0.1, 0.15) is 16.8 Å². The summed E-state index contributed by atoms with van der Waals surface area (Å²) in [4.78, 5) is 14.1. The number of hydrogen-bond donors (Lipinski definition) is 1. The molecule has 2 rings (SSSR count). The average molecular weight is 303 g/mol. The van der Waals surface area contributed by atoms with Crippen molar-refractivity contribution in [1.29, 1.82) is 0 Å². The van der Waals surface area contributed by atoms with Gasteiger partial charge in [-0.2, -0.15) is 0 Å². The van der Waals surface area contributed by atoms with Crippen LogP contribution in [0.3, 0.4) is 0 Å². The molecule has 0 saturated heterocycles. The van der Waals surface area contributed by atoms with Gasteiger partial charge < -0.3 is 10.2 Å². The van der Waals surface area contributed by atoms with Gasteiger partial charge in [0.15, 0.2) is 0 Å². The lowest BCUT2D eigenvalue weighted by atomic mass is 10.2. The van der Waals surface area contributed by atoms with Crippen LogP contribution in [0.25, 0.3) is 0 Å². The predicted octanol–water partition coefficient (Wildman–Crippen LogP) is 3.60. The molecule has 1 amide bonds. The summed E-state index contributed by atoms with van der Waals surface area (Å²) in [6.07, 6.45) is 0.894. The molecule has 0 aromatic heterocycles. The van der Waals surface area contributed by atoms with Gasteiger partial charge in [0, 0.05) is 36.4 Å². The smallest absolute Gasteiger partial charge is 0.251 e. The zero-order valence-electron chi connectivity index (χ0n) is 12.1. The van der Waals surface area contributed by atoms with Crippen LogP contribution < -0.4 is 10.2 Å². The topological polar surface area (TPSA) is 32.3 Å². The average Bonchev–Trinajstić information content (AvgIpc) is 2.52. The normalized spacial score (nSPS) is 10.2. The summed E-state index contributed by atoms with van der Waals surface area (Å²) in [5.41, 5.74) is 1.82. The number of nitrogens with zero attached hydrogens (tertiary/aromatic N) is 1. The highest BCUT2D eigenvalue weighted by Crippen LogP contribution is 2.11. The Morgan fingerprint density at radius 3 is 2.43 bits per heavy atom. The molecule has 0 aliphatic rings. The van der Waals surface area contributed by atoms with Crippen molar-refractivity contribution >= 4 is 23.2 Å². The minimum absolute atomic E-state index is 0.0611. The van der Waals surface area contributed by atoms with Crippen LogP contribution >= 0.6 is 11.6 Å². The lowest BCUT2D eigenvalue weighted by Crippen LogP contribution is -2.28. The van der Waals surface area contributed by atoms with Crippen LogP contribution in [0, 0.1) is 0 Å². The molecule has 0 saturated carbocycles. The fraction of sp³-hybridized carbons (Fsp3) is 0.235. The quantitative estimate of drug-likeness (QED) is 0.827. The number of para-hydroxylation sites is 1. The van der Waals surface area contributed by atoms with Gasteiger partial charge in [0.05, 0.1) is 0 Å². The van der Waals surface area contributed by atoms with Crippen LogP contribution in [0.4, 0.5) is 5.69 Å². The van der Waals surface area contributed by atoms with Crippen molar-refractivity contribution in [3.8, 4) is 0 Å². The van der Waals surface area contributed by atoms with Crippen molar-refractivity contribution in [1.82, 2.24) is 5.32 Å². The molecule has 4 heteroatoms. The maximum absolute atomic E-state index is 11.9. The molecular formula is C17H19ClN2O. The van der Waals surface area contributed by atoms with E-state index in [2.05, 4.69) is 29.4 Å². The van der Waals surface area contributed by atoms with Gasteiger partial charge in [-0.3, -0.25) is 4.79 Å². The molecule has 0 atom stereocenters. The third-order valence-electron chi connectivity index (χ3n) is 3.26. The molecule has 1 N–H and O–H groups in total. The second-order valence-corrected chi connectivity index (χ2v) is 5.31. The van der Waals surface area contributed by atoms with Gasteiger partial charge in [-0.1, -0.05) is 29.8 Å². The summed E-state index contributed by atoms with van der Waals surface area (Å²) < 4.78 is 0. The minimum atomic E-state index is -0.0611. The van der Waals surface area contributed by atoms with Gasteiger partial charge in [-0.25, -0.2) is 0 Å². The largest absolute Gasteiger partial charge is 0.375 e. The minimum Gasteiger partial charge on any atom is -0.375 e. The third-order valence-corrected chi connectivity index (χ3v) is 3.51. The maximum Gasteiger partial charge on any atom is 0.251 e. The number of hydrogen-bond acceptors (Lipinski definition) is 2. The molecule has 2 aromatic rings. The standard InChI is InChI=1S/C17H19ClN2O/c1-20(16-6-3-2-4-7-16)13-5-12-19-17(21)14-8-10-15(18)11-9-14/h2-4,6-11H,5,12-13H2,1H3,(H,19,21). The highest BCUT2D eigenvalue weighted by molar-refractivity contribution is 6.30. The fourth-order valence-electron chi connectivity index (χ4n) is 2.03. The number of halogens is 1. The number of carbonyl (C=O) groups excluding carboxylic acids is 1. The molecule has 0 radical (unpaired) electrons. The van der Waals surface area contributed by atoms with Crippen molar-refractivity contribution in [3.05, 3.63) is 65.2 Å². The second-order valence-electron chi connectivity index (χ2n) is 4.87. The highest BCUT2D eigenvalue weighted by Gasteiger charge is 2.05. The first-order valence-corrected chi connectivity index (χ1v) is 7.34. The predicted molar refractivity (Wildman–Crippen MR) is 88.1 cm³/mol. The molecule has 0 aliphatic heterocycles. The van der Waals surface area contributed by atoms with E-state index in [9.17, 15) is 4.79 Å². The molecule has 0 aliphatic carbocycles. The highest BCUT2D eigenvalue weighted by atomic mass is 35.5. The Morgan fingerprint density at radius 1 is 1.10 bits per heavy atom. The van der Waals surface area contributed by atoms with E-state index in [0.717, 1.165) is 13.0 Å². The number of anilines is 1. The third kappa shape index (κ3) is 4.80. The summed E-state index contributed by atoms with van der Waals surface area (Å²) in [6, 6.07) is 17.1. The van der Waals surface area contributed by atoms with Gasteiger partial charge in [0.25, 0.3) is 5.91 Å². The zero-order valence-corrected chi connectivity index (χ0v) is 12.8. The number of nitrogens with one attached hydrogen (secondary N) is 1. The summed E-state index contributed by atoms with van der Waals surface area (Å²) >= 11 is 5.80. The van der Waals surface area contributed by atoms with Crippen LogP contribution in [0.15, 0.2) is 54.6 Å². The Bertz CT molecular complexity index is 569. The van der Waals surface area contributed by atoms with E-state index in [0.29, 0.717) is 17.1 Å². The maximum atomic E-state index is 11.9. The Kier molecular flexibility index (Phi) is 5.64. The Labute approximate surface area is 130 Å². The van der Waals surface area contributed by atoms with Crippen molar-refractivity contribution < 1.29 is 4.79 Å². The van der Waals surface area contributed by atoms with Crippen molar-refractivity contribution in [2.24, 2.45) is 0 Å². The van der Waals surface area contributed by atoms with Crippen molar-refractivity contribution in [2.45, 2.75) is 6.42 Å². The Hall–Kier alpha value is -2.00. The molecule has 3 nitrogen and oxygen atoms in total. The first kappa shape index (κ1) is 15.4. The van der Waals surface area contributed by atoms with Crippen molar-refractivity contribution in [2.75, 3.05) is 25.0 Å². The summed E-state index contributed by atoms with van der Waals surface area (Å²) in [5.74, 6) is -0.0611. The van der Waals surface area contributed by atoms with E-state index in [-0.39, 0.29) is 5.91 Å². The van der Waals surface area contributed by atoms with Crippen LogP contribution in [-0.4, -0.2) is 26.0 Å². The lowest BCUT2D eigenvalue weighted by Gasteiger charge is -2.19. The molecule has 2 aromatic carbocycles. The van der Waals surface area contributed by atoms with Gasteiger partial charge in [-0.05, 0) is 42.8 Å². The van der Waals surface area contributed by atoms with Crippen LogP contribution in [-0.2, 0) is 0 Å². The number of carbonyl (C=O) groups is 1. The number of amides is 1. The zero-order chi connectivity index (χ0) is 15.1. The Balaban J connectivity index is 1.72. The first-order chi connectivity index (χ1) is 10.2. The molecule has 110 valence electrons. The molecule has 21 heavy (non-hydrogen) atoms. The van der Waals surface area contributed by atoms with E-state index in [4.69, 9.17) is 11.6 Å². The van der Waals surface area contributed by atoms with Crippen molar-refractivity contribution in [3.63, 3.8) is 0 Å². The van der Waals surface area contributed by atoms with E-state index in [1.165, 1.54) is 5.69 Å². The van der Waals surface area contributed by atoms with Gasteiger partial charge >= 0.3 is 0 Å². The first-order valence-electron chi connectivity index (χ1n) is 6.97. The summed E-state index contributed by atoms with van der Waals surface area (Å²) in [7, 11) is 2.05. The number of rotatable bonds is 6. The van der Waals surface area contributed by atoms with Gasteiger partial charge in [0.1, 0.15) is 0 Å². The van der Waals surface area contributed by atoms with E-state index in [1.807, 2.05) is 18.2 Å². The monoisotopic (exact) mass is 302 g/mol. The van der Waals surface area contributed by atoms with Gasteiger partial charge in [0.2, 0.25) is 0 Å². The van der Waals surface area contributed by atoms with E-state index < -0.39 is 0 Å². The molecule has 0 heterocycles. The molecule has 0 spiro atoms. The Morgan fingerprint density at radius 2 is 1.76 bits per heavy atom. The molecule has 0 fully saturated rings. The van der Waals surface area contributed by atoms with Crippen LogP contribution in [0.5, 0.6) is 0 Å². The molecule has 0 unspecified atom stereocenters.